The van der Waals surface area contributed by atoms with Crippen LogP contribution in [-0.2, 0) is 21.1 Å². The second-order valence-corrected chi connectivity index (χ2v) is 9.70. The highest BCUT2D eigenvalue weighted by Gasteiger charge is 2.22. The summed E-state index contributed by atoms with van der Waals surface area (Å²) in [5, 5.41) is 3.01. The molecule has 0 saturated heterocycles. The number of carbonyl (C=O) groups is 1. The lowest BCUT2D eigenvalue weighted by molar-refractivity contribution is -0.121. The normalized spacial score (nSPS) is 13.9. The van der Waals surface area contributed by atoms with Crippen LogP contribution in [0.4, 0.5) is 0 Å². The number of sulfone groups is 1. The molecule has 4 rings (SSSR count). The molecule has 1 aliphatic rings. The van der Waals surface area contributed by atoms with Crippen molar-refractivity contribution in [3.63, 3.8) is 0 Å². The lowest BCUT2D eigenvalue weighted by atomic mass is 9.99. The first-order valence-electron chi connectivity index (χ1n) is 10.5. The number of nitrogens with one attached hydrogen (secondary N) is 1. The fourth-order valence-corrected chi connectivity index (χ4v) is 4.87. The standard InChI is InChI=1S/C25H25NO5S/c27-25(13-16-32(28,29)21-11-12-23-24(18-21)31-15-14-30-23)26-22(20-9-5-2-6-10-20)17-19-7-3-1-4-8-19/h1-12,18,22H,13-17H2,(H,26,27). The predicted octanol–water partition coefficient (Wildman–Crippen LogP) is 3.72. The Kier molecular flexibility index (Phi) is 6.75. The van der Waals surface area contributed by atoms with E-state index in [4.69, 9.17) is 9.47 Å². The minimum absolute atomic E-state index is 0.124. The van der Waals surface area contributed by atoms with Crippen molar-refractivity contribution in [2.24, 2.45) is 0 Å². The summed E-state index contributed by atoms with van der Waals surface area (Å²) in [6.07, 6.45) is 0.487. The van der Waals surface area contributed by atoms with E-state index in [2.05, 4.69) is 5.32 Å². The summed E-state index contributed by atoms with van der Waals surface area (Å²) in [6.45, 7) is 0.812. The van der Waals surface area contributed by atoms with Crippen LogP contribution in [0.25, 0.3) is 0 Å². The summed E-state index contributed by atoms with van der Waals surface area (Å²) in [5.74, 6) is 0.343. The van der Waals surface area contributed by atoms with Crippen LogP contribution in [-0.4, -0.2) is 33.3 Å². The van der Waals surface area contributed by atoms with E-state index in [1.807, 2.05) is 60.7 Å². The number of hydrogen-bond donors (Lipinski definition) is 1. The van der Waals surface area contributed by atoms with Crippen LogP contribution in [0, 0.1) is 0 Å². The van der Waals surface area contributed by atoms with Crippen LogP contribution in [0.5, 0.6) is 11.5 Å². The molecular formula is C25H25NO5S. The maximum atomic E-state index is 12.8. The van der Waals surface area contributed by atoms with E-state index in [9.17, 15) is 13.2 Å². The third-order valence-electron chi connectivity index (χ3n) is 5.29. The summed E-state index contributed by atoms with van der Waals surface area (Å²) in [7, 11) is -3.64. The maximum absolute atomic E-state index is 12.8. The molecule has 1 atom stereocenters. The zero-order valence-electron chi connectivity index (χ0n) is 17.6. The van der Waals surface area contributed by atoms with Gasteiger partial charge in [-0.15, -0.1) is 0 Å². The quantitative estimate of drug-likeness (QED) is 0.565. The molecule has 3 aromatic rings. The Morgan fingerprint density at radius 1 is 0.875 bits per heavy atom. The fourth-order valence-electron chi connectivity index (χ4n) is 3.62. The van der Waals surface area contributed by atoms with E-state index >= 15 is 0 Å². The van der Waals surface area contributed by atoms with Gasteiger partial charge in [-0.1, -0.05) is 60.7 Å². The van der Waals surface area contributed by atoms with Crippen molar-refractivity contribution in [1.82, 2.24) is 5.32 Å². The van der Waals surface area contributed by atoms with Crippen LogP contribution in [0.15, 0.2) is 83.8 Å². The molecule has 0 fully saturated rings. The lowest BCUT2D eigenvalue weighted by Gasteiger charge is -2.20. The number of benzene rings is 3. The number of amides is 1. The van der Waals surface area contributed by atoms with E-state index in [-0.39, 0.29) is 29.0 Å². The summed E-state index contributed by atoms with van der Waals surface area (Å²) < 4.78 is 36.5. The molecule has 1 heterocycles. The third kappa shape index (κ3) is 5.48. The summed E-state index contributed by atoms with van der Waals surface area (Å²) in [6, 6.07) is 23.9. The van der Waals surface area contributed by atoms with Gasteiger partial charge in [-0.25, -0.2) is 8.42 Å². The number of hydrogen-bond acceptors (Lipinski definition) is 5. The molecule has 0 bridgehead atoms. The molecule has 3 aromatic carbocycles. The van der Waals surface area contributed by atoms with Gasteiger partial charge in [0.15, 0.2) is 21.3 Å². The van der Waals surface area contributed by atoms with E-state index < -0.39 is 9.84 Å². The Labute approximate surface area is 188 Å². The molecule has 0 aromatic heterocycles. The smallest absolute Gasteiger partial charge is 0.221 e. The number of carbonyl (C=O) groups excluding carboxylic acids is 1. The molecular weight excluding hydrogens is 426 g/mol. The number of ether oxygens (including phenoxy) is 2. The Hall–Kier alpha value is -3.32. The van der Waals surface area contributed by atoms with Gasteiger partial charge in [-0.2, -0.15) is 0 Å². The average Bonchev–Trinajstić information content (AvgIpc) is 2.83. The van der Waals surface area contributed by atoms with E-state index in [1.165, 1.54) is 12.1 Å². The molecule has 166 valence electrons. The molecule has 7 heteroatoms. The van der Waals surface area contributed by atoms with E-state index in [1.54, 1.807) is 6.07 Å². The van der Waals surface area contributed by atoms with Crippen LogP contribution >= 0.6 is 0 Å². The average molecular weight is 452 g/mol. The van der Waals surface area contributed by atoms with Gasteiger partial charge in [0, 0.05) is 12.5 Å². The van der Waals surface area contributed by atoms with Gasteiger partial charge in [0.25, 0.3) is 0 Å². The lowest BCUT2D eigenvalue weighted by Crippen LogP contribution is -2.31. The van der Waals surface area contributed by atoms with Gasteiger partial charge >= 0.3 is 0 Å². The maximum Gasteiger partial charge on any atom is 0.221 e. The monoisotopic (exact) mass is 451 g/mol. The zero-order chi connectivity index (χ0) is 22.4. The van der Waals surface area contributed by atoms with Crippen LogP contribution in [0.1, 0.15) is 23.6 Å². The molecule has 1 unspecified atom stereocenters. The first kappa shape index (κ1) is 21.9. The van der Waals surface area contributed by atoms with Crippen molar-refractivity contribution >= 4 is 15.7 Å². The van der Waals surface area contributed by atoms with Crippen LogP contribution in [0.2, 0.25) is 0 Å². The van der Waals surface area contributed by atoms with Crippen molar-refractivity contribution in [2.75, 3.05) is 19.0 Å². The molecule has 0 aliphatic carbocycles. The molecule has 32 heavy (non-hydrogen) atoms. The van der Waals surface area contributed by atoms with E-state index in [0.717, 1.165) is 11.1 Å². The van der Waals surface area contributed by atoms with Crippen molar-refractivity contribution in [3.05, 3.63) is 90.0 Å². The zero-order valence-corrected chi connectivity index (χ0v) is 18.4. The minimum Gasteiger partial charge on any atom is -0.486 e. The summed E-state index contributed by atoms with van der Waals surface area (Å²) in [5.41, 5.74) is 2.06. The summed E-state index contributed by atoms with van der Waals surface area (Å²) in [4.78, 5) is 12.8. The van der Waals surface area contributed by atoms with E-state index in [0.29, 0.717) is 31.1 Å². The molecule has 1 N–H and O–H groups in total. The van der Waals surface area contributed by atoms with Crippen molar-refractivity contribution in [2.45, 2.75) is 23.8 Å². The van der Waals surface area contributed by atoms with Gasteiger partial charge in [-0.05, 0) is 29.7 Å². The second-order valence-electron chi connectivity index (χ2n) is 7.59. The van der Waals surface area contributed by atoms with Gasteiger partial charge in [-0.3, -0.25) is 4.79 Å². The Morgan fingerprint density at radius 3 is 2.25 bits per heavy atom. The molecule has 1 amide bonds. The van der Waals surface area contributed by atoms with Crippen LogP contribution < -0.4 is 14.8 Å². The highest BCUT2D eigenvalue weighted by Crippen LogP contribution is 2.32. The van der Waals surface area contributed by atoms with Crippen molar-refractivity contribution < 1.29 is 22.7 Å². The SMILES string of the molecule is O=C(CCS(=O)(=O)c1ccc2c(c1)OCCO2)NC(Cc1ccccc1)c1ccccc1. The largest absolute Gasteiger partial charge is 0.486 e. The van der Waals surface area contributed by atoms with Gasteiger partial charge in [0.05, 0.1) is 16.7 Å². The van der Waals surface area contributed by atoms with Crippen molar-refractivity contribution in [1.29, 1.82) is 0 Å². The topological polar surface area (TPSA) is 81.7 Å². The predicted molar refractivity (Wildman–Crippen MR) is 122 cm³/mol. The molecule has 0 spiro atoms. The molecule has 0 radical (unpaired) electrons. The van der Waals surface area contributed by atoms with Crippen LogP contribution in [0.3, 0.4) is 0 Å². The highest BCUT2D eigenvalue weighted by atomic mass is 32.2. The first-order chi connectivity index (χ1) is 15.5. The first-order valence-corrected chi connectivity index (χ1v) is 12.2. The molecule has 6 nitrogen and oxygen atoms in total. The highest BCUT2D eigenvalue weighted by molar-refractivity contribution is 7.91. The van der Waals surface area contributed by atoms with Gasteiger partial charge in [0.1, 0.15) is 13.2 Å². The summed E-state index contributed by atoms with van der Waals surface area (Å²) >= 11 is 0. The molecule has 1 aliphatic heterocycles. The number of rotatable bonds is 8. The second kappa shape index (κ2) is 9.87. The number of fused-ring (bicyclic) bond motifs is 1. The minimum atomic E-state index is -3.64. The Morgan fingerprint density at radius 2 is 1.53 bits per heavy atom. The fraction of sp³-hybridized carbons (Fsp3) is 0.240. The molecule has 0 saturated carbocycles. The Bertz CT molecular complexity index is 1160. The van der Waals surface area contributed by atoms with Gasteiger partial charge < -0.3 is 14.8 Å². The third-order valence-corrected chi connectivity index (χ3v) is 7.00. The van der Waals surface area contributed by atoms with Gasteiger partial charge in [0.2, 0.25) is 5.91 Å². The Balaban J connectivity index is 1.42. The van der Waals surface area contributed by atoms with Crippen molar-refractivity contribution in [3.8, 4) is 11.5 Å².